The number of hydrogen-bond acceptors (Lipinski definition) is 2. The number of fused-ring (bicyclic) bond motifs is 13. The average molecular weight is 782 g/mol. The minimum Gasteiger partial charge on any atom is -0.456 e. The van der Waals surface area contributed by atoms with Crippen molar-refractivity contribution in [2.24, 2.45) is 0 Å². The zero-order valence-electron chi connectivity index (χ0n) is 33.4. The molecule has 0 radical (unpaired) electrons. The summed E-state index contributed by atoms with van der Waals surface area (Å²) in [6, 6.07) is 75.0. The molecule has 0 N–H and O–H groups in total. The summed E-state index contributed by atoms with van der Waals surface area (Å²) in [6.45, 7) is 5.10. The van der Waals surface area contributed by atoms with E-state index in [2.05, 4.69) is 218 Å². The summed E-state index contributed by atoms with van der Waals surface area (Å²) in [5.74, 6) is 0. The third-order valence-corrected chi connectivity index (χ3v) is 17.4. The first kappa shape index (κ1) is 33.7. The molecule has 282 valence electrons. The van der Waals surface area contributed by atoms with Crippen LogP contribution in [0.25, 0.3) is 65.4 Å². The van der Waals surface area contributed by atoms with E-state index in [4.69, 9.17) is 4.42 Å². The number of rotatable bonds is 3. The Bertz CT molecular complexity index is 3610. The molecule has 0 bridgehead atoms. The van der Waals surface area contributed by atoms with Crippen LogP contribution in [0, 0.1) is 0 Å². The van der Waals surface area contributed by atoms with Crippen LogP contribution in [0.3, 0.4) is 0 Å². The standard InChI is InChI=1S/C57H39NOSi/c1-60(2)54-24-10-9-22-49(54)57(48-21-8-7-19-44(48)46-20-11-17-37-18-12-23-51(57)56(37)46)50-30-28-43(35-55(50)60)58(41-26-25-36-13-3-4-14-38(36)31-41)42-27-29-45-47-32-39-15-5-6-16-40(39)33-52(47)59-53(45)34-42/h3-35H,1-2H3. The van der Waals surface area contributed by atoms with Gasteiger partial charge in [0, 0.05) is 33.9 Å². The van der Waals surface area contributed by atoms with Crippen molar-refractivity contribution in [3.63, 3.8) is 0 Å². The van der Waals surface area contributed by atoms with E-state index in [-0.39, 0.29) is 0 Å². The molecule has 1 aliphatic carbocycles. The first-order valence-corrected chi connectivity index (χ1v) is 24.0. The first-order chi connectivity index (χ1) is 29.5. The van der Waals surface area contributed by atoms with Gasteiger partial charge in [0.15, 0.2) is 0 Å². The number of anilines is 3. The molecule has 2 heterocycles. The van der Waals surface area contributed by atoms with Crippen molar-refractivity contribution in [2.45, 2.75) is 18.5 Å². The van der Waals surface area contributed by atoms with Gasteiger partial charge in [-0.25, -0.2) is 0 Å². The van der Waals surface area contributed by atoms with Crippen LogP contribution in [0.2, 0.25) is 13.1 Å². The van der Waals surface area contributed by atoms with E-state index in [1.165, 1.54) is 76.1 Å². The number of furan rings is 1. The second-order valence-corrected chi connectivity index (χ2v) is 21.6. The Morgan fingerprint density at radius 1 is 0.383 bits per heavy atom. The first-order valence-electron chi connectivity index (χ1n) is 21.0. The molecule has 1 unspecified atom stereocenters. The van der Waals surface area contributed by atoms with Crippen LogP contribution in [0.4, 0.5) is 17.1 Å². The van der Waals surface area contributed by atoms with Gasteiger partial charge in [0.1, 0.15) is 19.2 Å². The van der Waals surface area contributed by atoms with Crippen LogP contribution in [0.15, 0.2) is 205 Å². The highest BCUT2D eigenvalue weighted by atomic mass is 28.3. The number of nitrogens with zero attached hydrogens (tertiary/aromatic N) is 1. The van der Waals surface area contributed by atoms with E-state index < -0.39 is 13.5 Å². The summed E-state index contributed by atoms with van der Waals surface area (Å²) >= 11 is 0. The second-order valence-electron chi connectivity index (χ2n) is 17.3. The fourth-order valence-corrected chi connectivity index (χ4v) is 14.4. The van der Waals surface area contributed by atoms with Crippen LogP contribution in [-0.4, -0.2) is 8.07 Å². The van der Waals surface area contributed by atoms with Crippen LogP contribution < -0.4 is 15.3 Å². The summed E-state index contributed by atoms with van der Waals surface area (Å²) in [5.41, 5.74) is 12.8. The second kappa shape index (κ2) is 12.2. The number of benzene rings is 10. The zero-order chi connectivity index (χ0) is 39.7. The van der Waals surface area contributed by atoms with Crippen LogP contribution >= 0.6 is 0 Å². The van der Waals surface area contributed by atoms with E-state index in [1.54, 1.807) is 0 Å². The van der Waals surface area contributed by atoms with E-state index in [0.717, 1.165) is 39.0 Å². The van der Waals surface area contributed by atoms with Crippen LogP contribution in [0.5, 0.6) is 0 Å². The van der Waals surface area contributed by atoms with Crippen molar-refractivity contribution in [3.8, 4) is 11.1 Å². The molecule has 1 aliphatic heterocycles. The third kappa shape index (κ3) is 4.47. The highest BCUT2D eigenvalue weighted by Gasteiger charge is 2.52. The Labute approximate surface area is 349 Å². The summed E-state index contributed by atoms with van der Waals surface area (Å²) < 4.78 is 6.70. The lowest BCUT2D eigenvalue weighted by Gasteiger charge is -2.50. The monoisotopic (exact) mass is 781 g/mol. The van der Waals surface area contributed by atoms with Gasteiger partial charge < -0.3 is 9.32 Å². The zero-order valence-corrected chi connectivity index (χ0v) is 34.4. The van der Waals surface area contributed by atoms with Crippen LogP contribution in [0.1, 0.15) is 22.3 Å². The molecule has 13 rings (SSSR count). The van der Waals surface area contributed by atoms with Gasteiger partial charge in [-0.3, -0.25) is 0 Å². The molecule has 11 aromatic rings. The molecule has 0 saturated carbocycles. The highest BCUT2D eigenvalue weighted by molar-refractivity contribution is 7.01. The van der Waals surface area contributed by atoms with E-state index >= 15 is 0 Å². The van der Waals surface area contributed by atoms with Crippen molar-refractivity contribution in [1.29, 1.82) is 0 Å². The Morgan fingerprint density at radius 2 is 0.950 bits per heavy atom. The van der Waals surface area contributed by atoms with Gasteiger partial charge in [0.05, 0.1) is 5.41 Å². The lowest BCUT2D eigenvalue weighted by atomic mass is 9.59. The lowest BCUT2D eigenvalue weighted by Crippen LogP contribution is -2.63. The lowest BCUT2D eigenvalue weighted by molar-refractivity contribution is 0.669. The van der Waals surface area contributed by atoms with Gasteiger partial charge in [-0.05, 0) is 125 Å². The molecule has 60 heavy (non-hydrogen) atoms. The molecule has 10 aromatic carbocycles. The summed E-state index contributed by atoms with van der Waals surface area (Å²) in [6.07, 6.45) is 0. The minimum atomic E-state index is -2.30. The van der Waals surface area contributed by atoms with Gasteiger partial charge >= 0.3 is 0 Å². The van der Waals surface area contributed by atoms with E-state index in [1.807, 2.05) is 0 Å². The summed E-state index contributed by atoms with van der Waals surface area (Å²) in [4.78, 5) is 2.44. The molecule has 0 fully saturated rings. The normalized spacial score (nSPS) is 16.0. The molecule has 2 aliphatic rings. The molecular formula is C57H39NOSi. The van der Waals surface area contributed by atoms with Crippen LogP contribution in [-0.2, 0) is 5.41 Å². The summed E-state index contributed by atoms with van der Waals surface area (Å²) in [7, 11) is -2.30. The quantitative estimate of drug-likeness (QED) is 0.166. The van der Waals surface area contributed by atoms with Gasteiger partial charge in [0.25, 0.3) is 0 Å². The Balaban J connectivity index is 1.09. The molecule has 3 heteroatoms. The Morgan fingerprint density at radius 3 is 1.80 bits per heavy atom. The highest BCUT2D eigenvalue weighted by Crippen LogP contribution is 2.56. The van der Waals surface area contributed by atoms with Crippen molar-refractivity contribution < 1.29 is 4.42 Å². The Hall–Kier alpha value is -7.20. The van der Waals surface area contributed by atoms with Gasteiger partial charge in [0.2, 0.25) is 0 Å². The molecule has 1 aromatic heterocycles. The predicted molar refractivity (Wildman–Crippen MR) is 255 cm³/mol. The molecular weight excluding hydrogens is 743 g/mol. The van der Waals surface area contributed by atoms with Crippen molar-refractivity contribution in [2.75, 3.05) is 4.90 Å². The maximum atomic E-state index is 6.70. The summed E-state index contributed by atoms with van der Waals surface area (Å²) in [5, 5.41) is 12.7. The van der Waals surface area contributed by atoms with Crippen molar-refractivity contribution >= 4 is 89.8 Å². The predicted octanol–water partition coefficient (Wildman–Crippen LogP) is 14.0. The molecule has 1 atom stereocenters. The number of hydrogen-bond donors (Lipinski definition) is 0. The SMILES string of the molecule is C[Si]1(C)c2ccccc2C2(c3ccccc3-c3cccc4cccc2c34)c2ccc(N(c3ccc4ccccc4c3)c3ccc4c(c3)oc3cc5ccccc5cc34)cc21. The molecule has 1 spiro atoms. The van der Waals surface area contributed by atoms with E-state index in [9.17, 15) is 0 Å². The van der Waals surface area contributed by atoms with Crippen molar-refractivity contribution in [1.82, 2.24) is 0 Å². The van der Waals surface area contributed by atoms with Gasteiger partial charge in [-0.15, -0.1) is 0 Å². The minimum absolute atomic E-state index is 0.484. The molecule has 0 amide bonds. The fraction of sp³-hybridized carbons (Fsp3) is 0.0526. The fourth-order valence-electron chi connectivity index (χ4n) is 11.2. The maximum absolute atomic E-state index is 6.70. The molecule has 2 nitrogen and oxygen atoms in total. The van der Waals surface area contributed by atoms with Gasteiger partial charge in [-0.2, -0.15) is 0 Å². The van der Waals surface area contributed by atoms with Crippen molar-refractivity contribution in [3.05, 3.63) is 222 Å². The Kier molecular flexibility index (Phi) is 6.84. The van der Waals surface area contributed by atoms with E-state index in [0.29, 0.717) is 0 Å². The largest absolute Gasteiger partial charge is 0.456 e. The maximum Gasteiger partial charge on any atom is 0.137 e. The molecule has 0 saturated heterocycles. The third-order valence-electron chi connectivity index (χ3n) is 13.8. The topological polar surface area (TPSA) is 16.4 Å². The average Bonchev–Trinajstić information content (AvgIpc) is 3.65. The smallest absolute Gasteiger partial charge is 0.137 e. The van der Waals surface area contributed by atoms with Gasteiger partial charge in [-0.1, -0.05) is 159 Å².